The van der Waals surface area contributed by atoms with Crippen LogP contribution in [0.3, 0.4) is 0 Å². The number of anilines is 1. The lowest BCUT2D eigenvalue weighted by Gasteiger charge is -2.33. The highest BCUT2D eigenvalue weighted by Gasteiger charge is 2.31. The molecule has 1 amide bonds. The van der Waals surface area contributed by atoms with Gasteiger partial charge < -0.3 is 23.9 Å². The van der Waals surface area contributed by atoms with E-state index in [0.717, 1.165) is 18.4 Å². The molecular formula is C25H27NO6. The van der Waals surface area contributed by atoms with Gasteiger partial charge in [-0.1, -0.05) is 6.07 Å². The van der Waals surface area contributed by atoms with Crippen LogP contribution in [0, 0.1) is 6.92 Å². The minimum atomic E-state index is -0.531. The van der Waals surface area contributed by atoms with Crippen molar-refractivity contribution in [2.75, 3.05) is 19.5 Å². The number of aryl methyl sites for hydroxylation is 2. The van der Waals surface area contributed by atoms with Crippen LogP contribution in [-0.2, 0) is 17.6 Å². The lowest BCUT2D eigenvalue weighted by atomic mass is 9.91. The van der Waals surface area contributed by atoms with E-state index in [1.807, 2.05) is 26.8 Å². The fourth-order valence-electron chi connectivity index (χ4n) is 4.11. The molecule has 4 rings (SSSR count). The molecule has 0 aliphatic carbocycles. The fraction of sp³-hybridized carbons (Fsp3) is 0.360. The molecule has 0 saturated carbocycles. The van der Waals surface area contributed by atoms with E-state index in [1.165, 1.54) is 0 Å². The van der Waals surface area contributed by atoms with E-state index in [2.05, 4.69) is 5.32 Å². The van der Waals surface area contributed by atoms with Crippen molar-refractivity contribution >= 4 is 22.6 Å². The Kier molecular flexibility index (Phi) is 5.59. The molecule has 1 N–H and O–H groups in total. The van der Waals surface area contributed by atoms with E-state index in [0.29, 0.717) is 45.0 Å². The van der Waals surface area contributed by atoms with Crippen LogP contribution < -0.4 is 25.2 Å². The minimum absolute atomic E-state index is 0.120. The second-order valence-electron chi connectivity index (χ2n) is 8.57. The Morgan fingerprint density at radius 1 is 1.19 bits per heavy atom. The average molecular weight is 437 g/mol. The Bertz CT molecular complexity index is 1260. The van der Waals surface area contributed by atoms with Crippen LogP contribution in [0.2, 0.25) is 0 Å². The van der Waals surface area contributed by atoms with Crippen molar-refractivity contribution in [2.24, 2.45) is 0 Å². The van der Waals surface area contributed by atoms with Crippen LogP contribution in [0.15, 0.2) is 39.5 Å². The fourth-order valence-corrected chi connectivity index (χ4v) is 4.11. The first-order valence-electron chi connectivity index (χ1n) is 10.5. The predicted molar refractivity (Wildman–Crippen MR) is 122 cm³/mol. The number of nitrogens with one attached hydrogen (secondary N) is 1. The van der Waals surface area contributed by atoms with Crippen molar-refractivity contribution in [1.29, 1.82) is 0 Å². The first kappa shape index (κ1) is 21.7. The number of ether oxygens (including phenoxy) is 3. The summed E-state index contributed by atoms with van der Waals surface area (Å²) in [6.45, 7) is 5.87. The lowest BCUT2D eigenvalue weighted by molar-refractivity contribution is -0.115. The van der Waals surface area contributed by atoms with Crippen LogP contribution in [0.4, 0.5) is 5.69 Å². The smallest absolute Gasteiger partial charge is 0.340 e. The lowest BCUT2D eigenvalue weighted by Crippen LogP contribution is -2.32. The van der Waals surface area contributed by atoms with Crippen molar-refractivity contribution in [3.05, 3.63) is 57.4 Å². The van der Waals surface area contributed by atoms with E-state index < -0.39 is 5.63 Å². The van der Waals surface area contributed by atoms with Gasteiger partial charge in [-0.25, -0.2) is 4.79 Å². The highest BCUT2D eigenvalue weighted by atomic mass is 16.5. The van der Waals surface area contributed by atoms with Crippen molar-refractivity contribution in [2.45, 2.75) is 45.6 Å². The third kappa shape index (κ3) is 4.02. The molecule has 7 heteroatoms. The summed E-state index contributed by atoms with van der Waals surface area (Å²) in [7, 11) is 3.12. The number of fused-ring (bicyclic) bond motifs is 3. The number of benzene rings is 2. The summed E-state index contributed by atoms with van der Waals surface area (Å²) in [5, 5.41) is 3.50. The number of hydrogen-bond donors (Lipinski definition) is 1. The maximum Gasteiger partial charge on any atom is 0.340 e. The zero-order chi connectivity index (χ0) is 23.0. The Labute approximate surface area is 186 Å². The SMILES string of the molecule is COc1cccc(NC(=O)Cc2c(C)c3c(OC)cc4c(c3oc2=O)CCC(C)(C)O4)c1. The Morgan fingerprint density at radius 3 is 2.69 bits per heavy atom. The number of carbonyl (C=O) groups excluding carboxylic acids is 1. The van der Waals surface area contributed by atoms with Gasteiger partial charge in [-0.2, -0.15) is 0 Å². The largest absolute Gasteiger partial charge is 0.497 e. The number of methoxy groups -OCH3 is 2. The third-order valence-corrected chi connectivity index (χ3v) is 5.85. The molecule has 1 aliphatic rings. The quantitative estimate of drug-likeness (QED) is 0.595. The summed E-state index contributed by atoms with van der Waals surface area (Å²) in [5.74, 6) is 1.52. The maximum absolute atomic E-state index is 12.9. The molecule has 0 bridgehead atoms. The van der Waals surface area contributed by atoms with Gasteiger partial charge in [0, 0.05) is 23.4 Å². The molecule has 0 spiro atoms. The highest BCUT2D eigenvalue weighted by molar-refractivity contribution is 5.95. The van der Waals surface area contributed by atoms with Crippen molar-refractivity contribution in [3.63, 3.8) is 0 Å². The molecule has 168 valence electrons. The number of amides is 1. The van der Waals surface area contributed by atoms with E-state index in [1.54, 1.807) is 38.5 Å². The molecule has 0 atom stereocenters. The average Bonchev–Trinajstić information content (AvgIpc) is 2.75. The second-order valence-corrected chi connectivity index (χ2v) is 8.57. The molecule has 2 heterocycles. The van der Waals surface area contributed by atoms with E-state index in [9.17, 15) is 9.59 Å². The van der Waals surface area contributed by atoms with Crippen LogP contribution in [-0.4, -0.2) is 25.7 Å². The van der Waals surface area contributed by atoms with Gasteiger partial charge in [-0.05, 0) is 51.3 Å². The van der Waals surface area contributed by atoms with Gasteiger partial charge >= 0.3 is 5.63 Å². The number of carbonyl (C=O) groups is 1. The summed E-state index contributed by atoms with van der Waals surface area (Å²) in [6.07, 6.45) is 1.40. The van der Waals surface area contributed by atoms with Crippen LogP contribution in [0.5, 0.6) is 17.2 Å². The topological polar surface area (TPSA) is 87.0 Å². The summed E-state index contributed by atoms with van der Waals surface area (Å²) in [5.41, 5.74) is 2.04. The van der Waals surface area contributed by atoms with E-state index in [-0.39, 0.29) is 17.9 Å². The minimum Gasteiger partial charge on any atom is -0.497 e. The predicted octanol–water partition coefficient (Wildman–Crippen LogP) is 4.40. The maximum atomic E-state index is 12.9. The molecule has 32 heavy (non-hydrogen) atoms. The molecule has 0 radical (unpaired) electrons. The molecule has 1 aliphatic heterocycles. The summed E-state index contributed by atoms with van der Waals surface area (Å²) >= 11 is 0. The first-order chi connectivity index (χ1) is 15.2. The highest BCUT2D eigenvalue weighted by Crippen LogP contribution is 2.43. The summed E-state index contributed by atoms with van der Waals surface area (Å²) in [6, 6.07) is 8.88. The van der Waals surface area contributed by atoms with Crippen molar-refractivity contribution < 1.29 is 23.4 Å². The summed E-state index contributed by atoms with van der Waals surface area (Å²) in [4.78, 5) is 25.6. The van der Waals surface area contributed by atoms with E-state index >= 15 is 0 Å². The Hall–Kier alpha value is -3.48. The van der Waals surface area contributed by atoms with Gasteiger partial charge in [0.2, 0.25) is 5.91 Å². The zero-order valence-electron chi connectivity index (χ0n) is 19.0. The van der Waals surface area contributed by atoms with Crippen LogP contribution in [0.25, 0.3) is 11.0 Å². The van der Waals surface area contributed by atoms with Crippen molar-refractivity contribution in [1.82, 2.24) is 0 Å². The summed E-state index contributed by atoms with van der Waals surface area (Å²) < 4.78 is 22.7. The van der Waals surface area contributed by atoms with E-state index in [4.69, 9.17) is 18.6 Å². The number of rotatable bonds is 5. The first-order valence-corrected chi connectivity index (χ1v) is 10.5. The van der Waals surface area contributed by atoms with Gasteiger partial charge in [0.25, 0.3) is 0 Å². The van der Waals surface area contributed by atoms with Crippen LogP contribution >= 0.6 is 0 Å². The molecule has 7 nitrogen and oxygen atoms in total. The second kappa shape index (κ2) is 8.22. The van der Waals surface area contributed by atoms with Gasteiger partial charge in [0.1, 0.15) is 28.4 Å². The zero-order valence-corrected chi connectivity index (χ0v) is 19.0. The Balaban J connectivity index is 1.73. The molecule has 0 saturated heterocycles. The third-order valence-electron chi connectivity index (χ3n) is 5.85. The molecule has 1 aromatic heterocycles. The van der Waals surface area contributed by atoms with Gasteiger partial charge in [-0.15, -0.1) is 0 Å². The molecule has 2 aromatic carbocycles. The van der Waals surface area contributed by atoms with Crippen LogP contribution in [0.1, 0.15) is 37.0 Å². The Morgan fingerprint density at radius 2 is 1.97 bits per heavy atom. The monoisotopic (exact) mass is 437 g/mol. The van der Waals surface area contributed by atoms with Gasteiger partial charge in [0.15, 0.2) is 0 Å². The molecule has 3 aromatic rings. The van der Waals surface area contributed by atoms with Gasteiger partial charge in [-0.3, -0.25) is 4.79 Å². The molecular weight excluding hydrogens is 410 g/mol. The molecule has 0 unspecified atom stereocenters. The van der Waals surface area contributed by atoms with Gasteiger partial charge in [0.05, 0.1) is 31.6 Å². The number of hydrogen-bond acceptors (Lipinski definition) is 6. The normalized spacial score (nSPS) is 14.4. The standard InChI is InChI=1S/C25H27NO6/c1-14-18(12-21(27)26-15-7-6-8-16(11-15)29-4)24(28)31-23-17-9-10-25(2,3)32-19(17)13-20(30-5)22(14)23/h6-8,11,13H,9-10,12H2,1-5H3,(H,26,27). The van der Waals surface area contributed by atoms with Crippen molar-refractivity contribution in [3.8, 4) is 17.2 Å². The molecule has 0 fully saturated rings.